The predicted octanol–water partition coefficient (Wildman–Crippen LogP) is 0.914. The fourth-order valence-corrected chi connectivity index (χ4v) is 1.70. The van der Waals surface area contributed by atoms with E-state index >= 15 is 0 Å². The Hall–Kier alpha value is -1.31. The smallest absolute Gasteiger partial charge is 0.337 e. The van der Waals surface area contributed by atoms with Crippen molar-refractivity contribution < 1.29 is 18.3 Å². The zero-order valence-corrected chi connectivity index (χ0v) is 9.76. The fraction of sp³-hybridized carbons (Fsp3) is 0.125. The Kier molecular flexibility index (Phi) is 3.74. The van der Waals surface area contributed by atoms with Crippen LogP contribution in [0.1, 0.15) is 10.4 Å². The molecular formula is C8H9ClN2O4S. The number of hydrogen-bond donors (Lipinski definition) is 3. The summed E-state index contributed by atoms with van der Waals surface area (Å²) in [4.78, 5) is 10.7. The standard InChI is InChI=1S/C8H9ClN2O4S/c1-10-16(14,15)11-5-2-3-7(9)6(4-5)8(12)13/h2-4,10-11H,1H3,(H,12,13). The third-order valence-corrected chi connectivity index (χ3v) is 3.09. The van der Waals surface area contributed by atoms with Crippen LogP contribution in [0.4, 0.5) is 5.69 Å². The first-order valence-electron chi connectivity index (χ1n) is 4.10. The van der Waals surface area contributed by atoms with E-state index in [9.17, 15) is 13.2 Å². The zero-order valence-electron chi connectivity index (χ0n) is 8.19. The molecule has 0 radical (unpaired) electrons. The minimum atomic E-state index is -3.66. The summed E-state index contributed by atoms with van der Waals surface area (Å²) in [5, 5.41) is 8.81. The van der Waals surface area contributed by atoms with E-state index in [0.29, 0.717) is 0 Å². The van der Waals surface area contributed by atoms with Gasteiger partial charge >= 0.3 is 5.97 Å². The topological polar surface area (TPSA) is 95.5 Å². The van der Waals surface area contributed by atoms with Crippen molar-refractivity contribution in [3.63, 3.8) is 0 Å². The van der Waals surface area contributed by atoms with E-state index in [1.54, 1.807) is 0 Å². The highest BCUT2D eigenvalue weighted by Crippen LogP contribution is 2.20. The Morgan fingerprint density at radius 2 is 2.06 bits per heavy atom. The molecule has 0 aromatic heterocycles. The maximum absolute atomic E-state index is 11.1. The van der Waals surface area contributed by atoms with Gasteiger partial charge in [0.25, 0.3) is 10.2 Å². The van der Waals surface area contributed by atoms with E-state index in [4.69, 9.17) is 16.7 Å². The van der Waals surface area contributed by atoms with E-state index in [2.05, 4.69) is 4.72 Å². The molecule has 0 unspecified atom stereocenters. The lowest BCUT2D eigenvalue weighted by Crippen LogP contribution is -2.26. The summed E-state index contributed by atoms with van der Waals surface area (Å²) in [6, 6.07) is 3.81. The summed E-state index contributed by atoms with van der Waals surface area (Å²) in [5.41, 5.74) is -0.0471. The first-order valence-corrected chi connectivity index (χ1v) is 5.96. The molecule has 8 heteroatoms. The largest absolute Gasteiger partial charge is 0.478 e. The Labute approximate surface area is 97.4 Å². The van der Waals surface area contributed by atoms with Crippen LogP contribution in [-0.4, -0.2) is 26.5 Å². The molecule has 3 N–H and O–H groups in total. The van der Waals surface area contributed by atoms with E-state index in [1.807, 2.05) is 4.72 Å². The van der Waals surface area contributed by atoms with Crippen molar-refractivity contribution in [1.29, 1.82) is 0 Å². The number of halogens is 1. The monoisotopic (exact) mass is 264 g/mol. The van der Waals surface area contributed by atoms with Crippen molar-refractivity contribution in [3.05, 3.63) is 28.8 Å². The van der Waals surface area contributed by atoms with Crippen LogP contribution in [0.5, 0.6) is 0 Å². The summed E-state index contributed by atoms with van der Waals surface area (Å²) in [6.07, 6.45) is 0. The number of carbonyl (C=O) groups is 1. The Bertz CT molecular complexity index is 515. The quantitative estimate of drug-likeness (QED) is 0.753. The molecule has 1 aromatic carbocycles. The molecule has 0 saturated carbocycles. The zero-order chi connectivity index (χ0) is 12.3. The van der Waals surface area contributed by atoms with Crippen molar-refractivity contribution in [2.24, 2.45) is 0 Å². The van der Waals surface area contributed by atoms with Gasteiger partial charge in [-0.15, -0.1) is 0 Å². The maximum Gasteiger partial charge on any atom is 0.337 e. The van der Waals surface area contributed by atoms with Crippen LogP contribution in [-0.2, 0) is 10.2 Å². The number of carboxylic acids is 1. The molecular weight excluding hydrogens is 256 g/mol. The second-order valence-corrected chi connectivity index (χ2v) is 4.84. The number of carboxylic acid groups (broad SMARTS) is 1. The molecule has 1 rings (SSSR count). The lowest BCUT2D eigenvalue weighted by Gasteiger charge is -2.07. The molecule has 0 saturated heterocycles. The number of aromatic carboxylic acids is 1. The van der Waals surface area contributed by atoms with Crippen molar-refractivity contribution in [3.8, 4) is 0 Å². The third-order valence-electron chi connectivity index (χ3n) is 1.72. The van der Waals surface area contributed by atoms with Gasteiger partial charge in [0.05, 0.1) is 16.3 Å². The summed E-state index contributed by atoms with van der Waals surface area (Å²) in [6.45, 7) is 0. The second-order valence-electron chi connectivity index (χ2n) is 2.81. The highest BCUT2D eigenvalue weighted by Gasteiger charge is 2.12. The summed E-state index contributed by atoms with van der Waals surface area (Å²) in [5.74, 6) is -1.23. The molecule has 0 amide bonds. The van der Waals surface area contributed by atoms with E-state index in [0.717, 1.165) is 6.07 Å². The lowest BCUT2D eigenvalue weighted by atomic mass is 10.2. The molecule has 88 valence electrons. The predicted molar refractivity (Wildman–Crippen MR) is 60.0 cm³/mol. The van der Waals surface area contributed by atoms with Crippen molar-refractivity contribution in [2.45, 2.75) is 0 Å². The first-order chi connectivity index (χ1) is 7.35. The van der Waals surface area contributed by atoms with Gasteiger partial charge < -0.3 is 5.11 Å². The fourth-order valence-electron chi connectivity index (χ4n) is 0.959. The van der Waals surface area contributed by atoms with Crippen molar-refractivity contribution >= 4 is 33.5 Å². The summed E-state index contributed by atoms with van der Waals surface area (Å²) in [7, 11) is -2.43. The second kappa shape index (κ2) is 4.69. The Balaban J connectivity index is 3.09. The Morgan fingerprint density at radius 1 is 1.44 bits per heavy atom. The van der Waals surface area contributed by atoms with Gasteiger partial charge in [-0.2, -0.15) is 8.42 Å². The molecule has 0 aliphatic carbocycles. The summed E-state index contributed by atoms with van der Waals surface area (Å²) >= 11 is 5.62. The average Bonchev–Trinajstić information content (AvgIpc) is 2.20. The van der Waals surface area contributed by atoms with Crippen LogP contribution in [0.2, 0.25) is 5.02 Å². The maximum atomic E-state index is 11.1. The van der Waals surface area contributed by atoms with Gasteiger partial charge in [0.15, 0.2) is 0 Å². The third kappa shape index (κ3) is 3.09. The van der Waals surface area contributed by atoms with Crippen LogP contribution in [0.3, 0.4) is 0 Å². The van der Waals surface area contributed by atoms with E-state index in [1.165, 1.54) is 19.2 Å². The molecule has 16 heavy (non-hydrogen) atoms. The van der Waals surface area contributed by atoms with Crippen LogP contribution >= 0.6 is 11.6 Å². The Morgan fingerprint density at radius 3 is 2.56 bits per heavy atom. The van der Waals surface area contributed by atoms with Crippen molar-refractivity contribution in [2.75, 3.05) is 11.8 Å². The highest BCUT2D eigenvalue weighted by atomic mass is 35.5. The molecule has 0 aliphatic heterocycles. The van der Waals surface area contributed by atoms with Gasteiger partial charge in [-0.1, -0.05) is 11.6 Å². The number of nitrogens with one attached hydrogen (secondary N) is 2. The number of benzene rings is 1. The molecule has 0 atom stereocenters. The van der Waals surface area contributed by atoms with Gasteiger partial charge in [0, 0.05) is 7.05 Å². The van der Waals surface area contributed by atoms with Crippen LogP contribution in [0.25, 0.3) is 0 Å². The molecule has 1 aromatic rings. The number of anilines is 1. The normalized spacial score (nSPS) is 11.1. The average molecular weight is 265 g/mol. The minimum absolute atomic E-state index is 0.0416. The number of rotatable bonds is 4. The van der Waals surface area contributed by atoms with Crippen LogP contribution in [0, 0.1) is 0 Å². The van der Waals surface area contributed by atoms with Crippen LogP contribution in [0.15, 0.2) is 18.2 Å². The molecule has 0 spiro atoms. The van der Waals surface area contributed by atoms with E-state index in [-0.39, 0.29) is 16.3 Å². The van der Waals surface area contributed by atoms with Gasteiger partial charge in [0.2, 0.25) is 0 Å². The lowest BCUT2D eigenvalue weighted by molar-refractivity contribution is 0.0697. The van der Waals surface area contributed by atoms with Gasteiger partial charge in [-0.05, 0) is 18.2 Å². The SMILES string of the molecule is CNS(=O)(=O)Nc1ccc(Cl)c(C(=O)O)c1. The molecule has 0 fully saturated rings. The summed E-state index contributed by atoms with van der Waals surface area (Å²) < 4.78 is 26.4. The van der Waals surface area contributed by atoms with Gasteiger partial charge in [0.1, 0.15) is 0 Å². The van der Waals surface area contributed by atoms with Gasteiger partial charge in [-0.25, -0.2) is 9.52 Å². The van der Waals surface area contributed by atoms with Gasteiger partial charge in [-0.3, -0.25) is 4.72 Å². The van der Waals surface area contributed by atoms with E-state index < -0.39 is 16.2 Å². The molecule has 6 nitrogen and oxygen atoms in total. The molecule has 0 aliphatic rings. The minimum Gasteiger partial charge on any atom is -0.478 e. The highest BCUT2D eigenvalue weighted by molar-refractivity contribution is 7.90. The molecule has 0 heterocycles. The van der Waals surface area contributed by atoms with Crippen LogP contribution < -0.4 is 9.44 Å². The number of hydrogen-bond acceptors (Lipinski definition) is 3. The first kappa shape index (κ1) is 12.8. The van der Waals surface area contributed by atoms with Crippen molar-refractivity contribution in [1.82, 2.24) is 4.72 Å². The molecule has 0 bridgehead atoms.